The van der Waals surface area contributed by atoms with Crippen LogP contribution in [0.2, 0.25) is 0 Å². The lowest BCUT2D eigenvalue weighted by Crippen LogP contribution is -2.12. The van der Waals surface area contributed by atoms with Crippen LogP contribution in [0.25, 0.3) is 5.82 Å². The summed E-state index contributed by atoms with van der Waals surface area (Å²) in [6.45, 7) is 0.181. The van der Waals surface area contributed by atoms with Gasteiger partial charge in [0.05, 0.1) is 11.9 Å². The third kappa shape index (κ3) is 2.59. The average molecular weight is 308 g/mol. The molecule has 3 heterocycles. The van der Waals surface area contributed by atoms with Gasteiger partial charge in [0.2, 0.25) is 6.79 Å². The van der Waals surface area contributed by atoms with Crippen LogP contribution in [0.1, 0.15) is 10.4 Å². The van der Waals surface area contributed by atoms with Crippen molar-refractivity contribution >= 4 is 11.6 Å². The Kier molecular flexibility index (Phi) is 3.16. The van der Waals surface area contributed by atoms with Crippen molar-refractivity contribution < 1.29 is 14.3 Å². The van der Waals surface area contributed by atoms with E-state index in [1.54, 1.807) is 59.8 Å². The van der Waals surface area contributed by atoms with Crippen LogP contribution >= 0.6 is 0 Å². The predicted octanol–water partition coefficient (Wildman–Crippen LogP) is 2.25. The van der Waals surface area contributed by atoms with Gasteiger partial charge >= 0.3 is 0 Å². The first-order valence-electron chi connectivity index (χ1n) is 6.95. The Morgan fingerprint density at radius 2 is 2.09 bits per heavy atom. The summed E-state index contributed by atoms with van der Waals surface area (Å²) < 4.78 is 12.3. The van der Waals surface area contributed by atoms with Gasteiger partial charge in [-0.3, -0.25) is 9.36 Å². The van der Waals surface area contributed by atoms with Gasteiger partial charge in [-0.1, -0.05) is 0 Å². The lowest BCUT2D eigenvalue weighted by atomic mass is 10.2. The molecule has 1 aliphatic heterocycles. The molecule has 4 rings (SSSR count). The first-order valence-corrected chi connectivity index (χ1v) is 6.95. The number of benzene rings is 1. The Bertz CT molecular complexity index is 844. The number of amides is 1. The molecule has 23 heavy (non-hydrogen) atoms. The molecule has 1 aromatic carbocycles. The summed E-state index contributed by atoms with van der Waals surface area (Å²) in [6.07, 6.45) is 6.73. The maximum Gasteiger partial charge on any atom is 0.255 e. The minimum Gasteiger partial charge on any atom is -0.454 e. The summed E-state index contributed by atoms with van der Waals surface area (Å²) in [5.74, 6) is 1.71. The fourth-order valence-electron chi connectivity index (χ4n) is 2.25. The number of nitrogens with one attached hydrogen (secondary N) is 1. The molecule has 7 nitrogen and oxygen atoms in total. The third-order valence-corrected chi connectivity index (χ3v) is 3.41. The summed E-state index contributed by atoms with van der Waals surface area (Å²) in [4.78, 5) is 20.5. The molecule has 3 aromatic rings. The molecule has 0 radical (unpaired) electrons. The van der Waals surface area contributed by atoms with E-state index >= 15 is 0 Å². The van der Waals surface area contributed by atoms with Crippen LogP contribution in [0.4, 0.5) is 5.69 Å². The summed E-state index contributed by atoms with van der Waals surface area (Å²) in [5.41, 5.74) is 1.10. The Morgan fingerprint density at radius 1 is 1.17 bits per heavy atom. The number of pyridine rings is 1. The lowest BCUT2D eigenvalue weighted by Gasteiger charge is -2.07. The van der Waals surface area contributed by atoms with Crippen molar-refractivity contribution in [3.63, 3.8) is 0 Å². The van der Waals surface area contributed by atoms with Crippen molar-refractivity contribution in [2.24, 2.45) is 0 Å². The summed E-state index contributed by atoms with van der Waals surface area (Å²) in [7, 11) is 0. The highest BCUT2D eigenvalue weighted by atomic mass is 16.7. The maximum absolute atomic E-state index is 12.3. The van der Waals surface area contributed by atoms with Crippen LogP contribution in [0.5, 0.6) is 11.5 Å². The molecule has 1 amide bonds. The van der Waals surface area contributed by atoms with Crippen LogP contribution in [0.3, 0.4) is 0 Å². The summed E-state index contributed by atoms with van der Waals surface area (Å²) >= 11 is 0. The number of hydrogen-bond donors (Lipinski definition) is 1. The zero-order valence-corrected chi connectivity index (χ0v) is 12.0. The smallest absolute Gasteiger partial charge is 0.255 e. The molecule has 1 N–H and O–H groups in total. The van der Waals surface area contributed by atoms with Crippen molar-refractivity contribution in [3.05, 3.63) is 60.8 Å². The van der Waals surface area contributed by atoms with Gasteiger partial charge in [-0.15, -0.1) is 0 Å². The maximum atomic E-state index is 12.3. The Balaban J connectivity index is 1.50. The molecule has 0 saturated carbocycles. The SMILES string of the molecule is O=C(Nc1ccc(-n2ccnc2)nc1)c1ccc2c(c1)OCO2. The quantitative estimate of drug-likeness (QED) is 0.803. The molecular weight excluding hydrogens is 296 g/mol. The zero-order chi connectivity index (χ0) is 15.6. The van der Waals surface area contributed by atoms with Gasteiger partial charge in [-0.25, -0.2) is 9.97 Å². The number of aromatic nitrogens is 3. The lowest BCUT2D eigenvalue weighted by molar-refractivity contribution is 0.102. The van der Waals surface area contributed by atoms with E-state index in [0.717, 1.165) is 5.82 Å². The Hall–Kier alpha value is -3.35. The zero-order valence-electron chi connectivity index (χ0n) is 12.0. The van der Waals surface area contributed by atoms with E-state index in [-0.39, 0.29) is 12.7 Å². The standard InChI is InChI=1S/C16H12N4O3/c21-16(11-1-3-13-14(7-11)23-10-22-13)19-12-2-4-15(18-8-12)20-6-5-17-9-20/h1-9H,10H2,(H,19,21). The average Bonchev–Trinajstić information content (AvgIpc) is 3.26. The van der Waals surface area contributed by atoms with E-state index in [9.17, 15) is 4.79 Å². The van der Waals surface area contributed by atoms with Crippen LogP contribution in [-0.2, 0) is 0 Å². The van der Waals surface area contributed by atoms with Gasteiger partial charge < -0.3 is 14.8 Å². The third-order valence-electron chi connectivity index (χ3n) is 3.41. The number of ether oxygens (including phenoxy) is 2. The van der Waals surface area contributed by atoms with Crippen molar-refractivity contribution in [1.82, 2.24) is 14.5 Å². The number of carbonyl (C=O) groups excluding carboxylic acids is 1. The van der Waals surface area contributed by atoms with E-state index < -0.39 is 0 Å². The van der Waals surface area contributed by atoms with E-state index in [0.29, 0.717) is 22.7 Å². The second-order valence-electron chi connectivity index (χ2n) is 4.90. The molecule has 114 valence electrons. The van der Waals surface area contributed by atoms with E-state index in [1.165, 1.54) is 0 Å². The number of rotatable bonds is 3. The molecular formula is C16H12N4O3. The number of nitrogens with zero attached hydrogens (tertiary/aromatic N) is 3. The van der Waals surface area contributed by atoms with Gasteiger partial charge in [0.25, 0.3) is 5.91 Å². The minimum atomic E-state index is -0.236. The molecule has 2 aromatic heterocycles. The number of fused-ring (bicyclic) bond motifs is 1. The number of anilines is 1. The van der Waals surface area contributed by atoms with Gasteiger partial charge in [-0.05, 0) is 30.3 Å². The molecule has 1 aliphatic rings. The van der Waals surface area contributed by atoms with Crippen molar-refractivity contribution in [1.29, 1.82) is 0 Å². The van der Waals surface area contributed by atoms with Crippen LogP contribution in [0.15, 0.2) is 55.2 Å². The predicted molar refractivity (Wildman–Crippen MR) is 81.9 cm³/mol. The van der Waals surface area contributed by atoms with Crippen LogP contribution in [-0.4, -0.2) is 27.2 Å². The molecule has 0 fully saturated rings. The molecule has 0 spiro atoms. The summed E-state index contributed by atoms with van der Waals surface area (Å²) in [5, 5.41) is 2.80. The van der Waals surface area contributed by atoms with Crippen LogP contribution < -0.4 is 14.8 Å². The monoisotopic (exact) mass is 308 g/mol. The topological polar surface area (TPSA) is 78.3 Å². The second-order valence-corrected chi connectivity index (χ2v) is 4.90. The highest BCUT2D eigenvalue weighted by molar-refractivity contribution is 6.04. The van der Waals surface area contributed by atoms with E-state index in [4.69, 9.17) is 9.47 Å². The van der Waals surface area contributed by atoms with E-state index in [1.807, 2.05) is 0 Å². The number of carbonyl (C=O) groups is 1. The molecule has 0 aliphatic carbocycles. The fourth-order valence-corrected chi connectivity index (χ4v) is 2.25. The molecule has 0 saturated heterocycles. The van der Waals surface area contributed by atoms with E-state index in [2.05, 4.69) is 15.3 Å². The van der Waals surface area contributed by atoms with Gasteiger partial charge in [0.1, 0.15) is 12.1 Å². The molecule has 0 bridgehead atoms. The van der Waals surface area contributed by atoms with Crippen molar-refractivity contribution in [2.75, 3.05) is 12.1 Å². The first-order chi connectivity index (χ1) is 11.3. The van der Waals surface area contributed by atoms with Crippen molar-refractivity contribution in [3.8, 4) is 17.3 Å². The fraction of sp³-hybridized carbons (Fsp3) is 0.0625. The van der Waals surface area contributed by atoms with Crippen molar-refractivity contribution in [2.45, 2.75) is 0 Å². The highest BCUT2D eigenvalue weighted by Gasteiger charge is 2.16. The number of imidazole rings is 1. The Labute approximate surface area is 131 Å². The van der Waals surface area contributed by atoms with Gasteiger partial charge in [-0.2, -0.15) is 0 Å². The van der Waals surface area contributed by atoms with Crippen LogP contribution in [0, 0.1) is 0 Å². The second kappa shape index (κ2) is 5.45. The minimum absolute atomic E-state index is 0.181. The van der Waals surface area contributed by atoms with Gasteiger partial charge in [0, 0.05) is 18.0 Å². The normalized spacial score (nSPS) is 12.2. The molecule has 0 unspecified atom stereocenters. The Morgan fingerprint density at radius 3 is 2.87 bits per heavy atom. The van der Waals surface area contributed by atoms with Gasteiger partial charge in [0.15, 0.2) is 11.5 Å². The molecule has 7 heteroatoms. The highest BCUT2D eigenvalue weighted by Crippen LogP contribution is 2.32. The summed E-state index contributed by atoms with van der Waals surface area (Å²) in [6, 6.07) is 8.66. The molecule has 0 atom stereocenters. The largest absolute Gasteiger partial charge is 0.454 e. The first kappa shape index (κ1) is 13.3. The number of hydrogen-bond acceptors (Lipinski definition) is 5.